The Kier molecular flexibility index (Phi) is 7.65. The van der Waals surface area contributed by atoms with Crippen LogP contribution < -0.4 is 4.90 Å². The largest absolute Gasteiger partial charge is 0.507 e. The normalized spacial score (nSPS) is 30.5. The number of rotatable bonds is 1. The van der Waals surface area contributed by atoms with Crippen LogP contribution in [0.1, 0.15) is 36.2 Å². The van der Waals surface area contributed by atoms with Crippen molar-refractivity contribution in [1.29, 1.82) is 0 Å². The second-order valence-corrected chi connectivity index (χ2v) is 8.03. The second-order valence-electron chi connectivity index (χ2n) is 8.03. The van der Waals surface area contributed by atoms with Gasteiger partial charge < -0.3 is 29.7 Å². The molecule has 1 aromatic rings. The zero-order valence-corrected chi connectivity index (χ0v) is 18.0. The lowest BCUT2D eigenvalue weighted by atomic mass is 9.98. The molecule has 1 saturated heterocycles. The molecular formula is C23H28FNO7. The SMILES string of the molecule is C[C@@H]1/C=C(/F)C(=O)[C@@H](O)[C@@H](O)C/C=C/c2cc(N3CCOCC3)cc(O)c2C(=O)O[C@H]1C. The quantitative estimate of drug-likeness (QED) is 0.558. The van der Waals surface area contributed by atoms with Crippen molar-refractivity contribution in [2.75, 3.05) is 31.2 Å². The van der Waals surface area contributed by atoms with Crippen molar-refractivity contribution in [2.24, 2.45) is 5.92 Å². The van der Waals surface area contributed by atoms with Gasteiger partial charge in [0.15, 0.2) is 5.83 Å². The van der Waals surface area contributed by atoms with Crippen molar-refractivity contribution >= 4 is 23.5 Å². The number of fused-ring (bicyclic) bond motifs is 1. The Balaban J connectivity index is 2.03. The van der Waals surface area contributed by atoms with E-state index >= 15 is 0 Å². The number of hydrogen-bond donors (Lipinski definition) is 3. The monoisotopic (exact) mass is 449 g/mol. The van der Waals surface area contributed by atoms with Gasteiger partial charge in [-0.3, -0.25) is 4.79 Å². The summed E-state index contributed by atoms with van der Waals surface area (Å²) >= 11 is 0. The summed E-state index contributed by atoms with van der Waals surface area (Å²) in [6.45, 7) is 5.38. The third kappa shape index (κ3) is 5.35. The summed E-state index contributed by atoms with van der Waals surface area (Å²) in [5.41, 5.74) is 0.971. The Morgan fingerprint density at radius 3 is 2.50 bits per heavy atom. The van der Waals surface area contributed by atoms with Crippen LogP contribution in [0.2, 0.25) is 0 Å². The van der Waals surface area contributed by atoms with E-state index in [2.05, 4.69) is 0 Å². The topological polar surface area (TPSA) is 117 Å². The number of benzene rings is 1. The number of aliphatic hydroxyl groups is 2. The van der Waals surface area contributed by atoms with Gasteiger partial charge in [-0.1, -0.05) is 19.1 Å². The number of morpholine rings is 1. The molecule has 9 heteroatoms. The number of halogens is 1. The average Bonchev–Trinajstić information content (AvgIpc) is 2.77. The van der Waals surface area contributed by atoms with Gasteiger partial charge in [0.25, 0.3) is 0 Å². The van der Waals surface area contributed by atoms with Crippen molar-refractivity contribution in [3.8, 4) is 5.75 Å². The molecule has 0 amide bonds. The van der Waals surface area contributed by atoms with E-state index in [1.807, 2.05) is 4.90 Å². The molecule has 2 aliphatic rings. The molecule has 3 rings (SSSR count). The van der Waals surface area contributed by atoms with E-state index in [9.17, 15) is 29.3 Å². The van der Waals surface area contributed by atoms with Crippen LogP contribution in [-0.2, 0) is 14.3 Å². The molecule has 0 unspecified atom stereocenters. The molecule has 2 aliphatic heterocycles. The van der Waals surface area contributed by atoms with Crippen LogP contribution >= 0.6 is 0 Å². The van der Waals surface area contributed by atoms with E-state index < -0.39 is 41.8 Å². The molecule has 0 spiro atoms. The first-order valence-electron chi connectivity index (χ1n) is 10.5. The predicted octanol–water partition coefficient (Wildman–Crippen LogP) is 1.97. The van der Waals surface area contributed by atoms with Crippen LogP contribution in [0.3, 0.4) is 0 Å². The molecule has 0 aliphatic carbocycles. The number of esters is 1. The van der Waals surface area contributed by atoms with Crippen LogP contribution in [0.5, 0.6) is 5.75 Å². The van der Waals surface area contributed by atoms with E-state index in [1.165, 1.54) is 25.1 Å². The van der Waals surface area contributed by atoms with Gasteiger partial charge in [-0.2, -0.15) is 0 Å². The fraction of sp³-hybridized carbons (Fsp3) is 0.478. The number of cyclic esters (lactones) is 1. The van der Waals surface area contributed by atoms with Crippen LogP contribution in [0.15, 0.2) is 30.1 Å². The van der Waals surface area contributed by atoms with Gasteiger partial charge in [-0.15, -0.1) is 0 Å². The maximum atomic E-state index is 14.2. The van der Waals surface area contributed by atoms with Crippen LogP contribution in [0, 0.1) is 5.92 Å². The number of hydrogen-bond acceptors (Lipinski definition) is 8. The van der Waals surface area contributed by atoms with Gasteiger partial charge in [0.05, 0.1) is 19.3 Å². The minimum atomic E-state index is -1.93. The van der Waals surface area contributed by atoms with Crippen LogP contribution in [0.4, 0.5) is 10.1 Å². The number of Topliss-reactive ketones (excluding diaryl/α,β-unsaturated/α-hetero) is 1. The maximum Gasteiger partial charge on any atom is 0.342 e. The van der Waals surface area contributed by atoms with Crippen molar-refractivity contribution < 1.29 is 38.8 Å². The smallest absolute Gasteiger partial charge is 0.342 e. The summed E-state index contributed by atoms with van der Waals surface area (Å²) in [5.74, 6) is -4.23. The van der Waals surface area contributed by atoms with Crippen molar-refractivity contribution in [3.63, 3.8) is 0 Å². The van der Waals surface area contributed by atoms with Gasteiger partial charge in [0, 0.05) is 30.8 Å². The second kappa shape index (κ2) is 10.2. The fourth-order valence-corrected chi connectivity index (χ4v) is 3.55. The average molecular weight is 449 g/mol. The molecule has 174 valence electrons. The number of aliphatic hydroxyl groups excluding tert-OH is 2. The predicted molar refractivity (Wildman–Crippen MR) is 115 cm³/mol. The number of phenolic OH excluding ortho intramolecular Hbond substituents is 1. The molecule has 0 bridgehead atoms. The summed E-state index contributed by atoms with van der Waals surface area (Å²) in [5, 5.41) is 30.8. The van der Waals surface area contributed by atoms with E-state index in [1.54, 1.807) is 13.0 Å². The molecule has 32 heavy (non-hydrogen) atoms. The van der Waals surface area contributed by atoms with Gasteiger partial charge in [-0.25, -0.2) is 9.18 Å². The highest BCUT2D eigenvalue weighted by atomic mass is 19.1. The number of phenols is 1. The Morgan fingerprint density at radius 1 is 1.12 bits per heavy atom. The molecule has 0 aromatic heterocycles. The lowest BCUT2D eigenvalue weighted by Gasteiger charge is -2.29. The number of carbonyl (C=O) groups excluding carboxylic acids is 2. The van der Waals surface area contributed by atoms with Gasteiger partial charge >= 0.3 is 5.97 Å². The summed E-state index contributed by atoms with van der Waals surface area (Å²) in [6.07, 6.45) is -0.608. The summed E-state index contributed by atoms with van der Waals surface area (Å²) in [4.78, 5) is 27.0. The highest BCUT2D eigenvalue weighted by Gasteiger charge is 2.29. The van der Waals surface area contributed by atoms with Gasteiger partial charge in [0.1, 0.15) is 23.5 Å². The number of ketones is 1. The number of anilines is 1. The Bertz CT molecular complexity index is 923. The number of carbonyl (C=O) groups is 2. The highest BCUT2D eigenvalue weighted by Crippen LogP contribution is 2.32. The van der Waals surface area contributed by atoms with E-state index in [-0.39, 0.29) is 17.7 Å². The number of nitrogens with zero attached hydrogens (tertiary/aromatic N) is 1. The van der Waals surface area contributed by atoms with Crippen molar-refractivity contribution in [3.05, 3.63) is 41.2 Å². The first-order valence-corrected chi connectivity index (χ1v) is 10.5. The Hall–Kier alpha value is -2.75. The van der Waals surface area contributed by atoms with E-state index in [0.717, 1.165) is 6.08 Å². The lowest BCUT2D eigenvalue weighted by molar-refractivity contribution is -0.130. The zero-order valence-electron chi connectivity index (χ0n) is 18.0. The number of ether oxygens (including phenoxy) is 2. The minimum absolute atomic E-state index is 0.0649. The third-order valence-electron chi connectivity index (χ3n) is 5.70. The van der Waals surface area contributed by atoms with E-state index in [4.69, 9.17) is 9.47 Å². The zero-order chi connectivity index (χ0) is 23.4. The maximum absolute atomic E-state index is 14.2. The fourth-order valence-electron chi connectivity index (χ4n) is 3.55. The first kappa shape index (κ1) is 23.9. The molecule has 3 N–H and O–H groups in total. The Labute approximate surface area is 185 Å². The van der Waals surface area contributed by atoms with Gasteiger partial charge in [0.2, 0.25) is 5.78 Å². The lowest BCUT2D eigenvalue weighted by Crippen LogP contribution is -2.36. The molecule has 8 nitrogen and oxygen atoms in total. The van der Waals surface area contributed by atoms with E-state index in [0.29, 0.717) is 37.6 Å². The minimum Gasteiger partial charge on any atom is -0.507 e. The summed E-state index contributed by atoms with van der Waals surface area (Å²) in [7, 11) is 0. The molecule has 1 aromatic carbocycles. The standard InChI is InChI=1S/C23H28FNO7/c1-13-10-17(24)21(28)22(29)18(26)5-3-4-15-11-16(25-6-8-31-9-7-25)12-19(27)20(15)23(30)32-14(13)2/h3-4,10-14,18,22,26-27,29H,5-9H2,1-2H3/b4-3+,17-10+/t13-,14+,18+,22+/m1/s1. The van der Waals surface area contributed by atoms with Crippen molar-refractivity contribution in [1.82, 2.24) is 0 Å². The molecule has 1 fully saturated rings. The molecule has 2 heterocycles. The summed E-state index contributed by atoms with van der Waals surface area (Å²) in [6, 6.07) is 3.19. The molecule has 0 radical (unpaired) electrons. The molecule has 0 saturated carbocycles. The summed E-state index contributed by atoms with van der Waals surface area (Å²) < 4.78 is 25.0. The molecule has 4 atom stereocenters. The Morgan fingerprint density at radius 2 is 1.81 bits per heavy atom. The number of aromatic hydroxyl groups is 1. The van der Waals surface area contributed by atoms with Crippen LogP contribution in [0.25, 0.3) is 6.08 Å². The van der Waals surface area contributed by atoms with Gasteiger partial charge in [-0.05, 0) is 31.1 Å². The highest BCUT2D eigenvalue weighted by molar-refractivity contribution is 5.98. The third-order valence-corrected chi connectivity index (χ3v) is 5.70. The van der Waals surface area contributed by atoms with Crippen molar-refractivity contribution in [2.45, 2.75) is 38.6 Å². The molecular weight excluding hydrogens is 421 g/mol. The first-order chi connectivity index (χ1) is 15.2. The van der Waals surface area contributed by atoms with Crippen LogP contribution in [-0.4, -0.2) is 71.7 Å².